The molecule has 4 nitrogen and oxygen atoms in total. The van der Waals surface area contributed by atoms with Crippen LogP contribution in [-0.2, 0) is 12.2 Å². The van der Waals surface area contributed by atoms with E-state index in [4.69, 9.17) is 4.74 Å². The number of nitrogens with one attached hydrogen (secondary N) is 1. The zero-order valence-corrected chi connectivity index (χ0v) is 15.1. The van der Waals surface area contributed by atoms with Gasteiger partial charge in [0.05, 0.1) is 7.11 Å². The first kappa shape index (κ1) is 17.3. The Morgan fingerprint density at radius 1 is 1.04 bits per heavy atom. The van der Waals surface area contributed by atoms with Crippen molar-refractivity contribution in [3.63, 3.8) is 0 Å². The van der Waals surface area contributed by atoms with Crippen molar-refractivity contribution in [2.45, 2.75) is 24.3 Å². The zero-order valence-electron chi connectivity index (χ0n) is 14.3. The largest absolute Gasteiger partial charge is 0.497 e. The van der Waals surface area contributed by atoms with Crippen LogP contribution >= 0.6 is 11.8 Å². The van der Waals surface area contributed by atoms with Crippen LogP contribution in [0.25, 0.3) is 0 Å². The van der Waals surface area contributed by atoms with E-state index in [1.165, 1.54) is 11.8 Å². The van der Waals surface area contributed by atoms with Gasteiger partial charge in [0.25, 0.3) is 5.56 Å². The quantitative estimate of drug-likeness (QED) is 0.539. The van der Waals surface area contributed by atoms with E-state index < -0.39 is 0 Å². The number of methoxy groups -OCH3 is 1. The Kier molecular flexibility index (Phi) is 5.56. The Balaban J connectivity index is 1.72. The molecule has 1 aromatic heterocycles. The van der Waals surface area contributed by atoms with E-state index in [0.29, 0.717) is 11.6 Å². The summed E-state index contributed by atoms with van der Waals surface area (Å²) in [6, 6.07) is 17.9. The first-order chi connectivity index (χ1) is 12.2. The van der Waals surface area contributed by atoms with Gasteiger partial charge in [0.2, 0.25) is 0 Å². The number of benzene rings is 2. The number of hydrogen-bond acceptors (Lipinski definition) is 4. The summed E-state index contributed by atoms with van der Waals surface area (Å²) in [6.45, 7) is 1.89. The summed E-state index contributed by atoms with van der Waals surface area (Å²) in [5, 5.41) is 0.648. The molecule has 0 aliphatic carbocycles. The van der Waals surface area contributed by atoms with Crippen molar-refractivity contribution in [3.05, 3.63) is 87.3 Å². The Labute approximate surface area is 151 Å². The number of rotatable bonds is 6. The van der Waals surface area contributed by atoms with Gasteiger partial charge < -0.3 is 9.72 Å². The number of H-pyrrole nitrogens is 1. The lowest BCUT2D eigenvalue weighted by Gasteiger charge is -2.08. The minimum atomic E-state index is -0.0615. The molecule has 2 aromatic carbocycles. The fraction of sp³-hybridized carbons (Fsp3) is 0.200. The number of hydrogen-bond donors (Lipinski definition) is 1. The fourth-order valence-corrected chi connectivity index (χ4v) is 3.40. The maximum absolute atomic E-state index is 12.4. The second kappa shape index (κ2) is 8.03. The van der Waals surface area contributed by atoms with Gasteiger partial charge >= 0.3 is 0 Å². The highest BCUT2D eigenvalue weighted by Gasteiger charge is 2.09. The summed E-state index contributed by atoms with van der Waals surface area (Å²) in [5.74, 6) is 1.58. The van der Waals surface area contributed by atoms with Gasteiger partial charge in [0, 0.05) is 23.4 Å². The van der Waals surface area contributed by atoms with Crippen LogP contribution in [-0.4, -0.2) is 17.1 Å². The van der Waals surface area contributed by atoms with Gasteiger partial charge in [-0.3, -0.25) is 4.79 Å². The van der Waals surface area contributed by atoms with Crippen LogP contribution in [0.1, 0.15) is 22.4 Å². The van der Waals surface area contributed by atoms with Gasteiger partial charge in [0.15, 0.2) is 5.16 Å². The fourth-order valence-electron chi connectivity index (χ4n) is 2.53. The highest BCUT2D eigenvalue weighted by atomic mass is 32.2. The Morgan fingerprint density at radius 3 is 2.40 bits per heavy atom. The van der Waals surface area contributed by atoms with Crippen LogP contribution in [0, 0.1) is 6.92 Å². The molecule has 3 aromatic rings. The van der Waals surface area contributed by atoms with Gasteiger partial charge in [-0.2, -0.15) is 0 Å². The molecule has 0 saturated heterocycles. The summed E-state index contributed by atoms with van der Waals surface area (Å²) in [4.78, 5) is 19.9. The third-order valence-corrected chi connectivity index (χ3v) is 4.90. The molecule has 0 amide bonds. The van der Waals surface area contributed by atoms with E-state index in [1.54, 1.807) is 7.11 Å². The van der Waals surface area contributed by atoms with E-state index in [9.17, 15) is 4.79 Å². The smallest absolute Gasteiger partial charge is 0.255 e. The van der Waals surface area contributed by atoms with Crippen molar-refractivity contribution in [3.8, 4) is 5.75 Å². The van der Waals surface area contributed by atoms with Crippen LogP contribution in [0.15, 0.2) is 64.5 Å². The highest BCUT2D eigenvalue weighted by molar-refractivity contribution is 7.98. The maximum atomic E-state index is 12.4. The summed E-state index contributed by atoms with van der Waals surface area (Å²) in [7, 11) is 1.65. The second-order valence-electron chi connectivity index (χ2n) is 5.73. The average molecular weight is 352 g/mol. The van der Waals surface area contributed by atoms with Crippen LogP contribution in [0.5, 0.6) is 5.75 Å². The summed E-state index contributed by atoms with van der Waals surface area (Å²) in [5.41, 5.74) is 3.70. The molecule has 1 heterocycles. The molecule has 25 heavy (non-hydrogen) atoms. The predicted octanol–water partition coefficient (Wildman–Crippen LogP) is 3.97. The van der Waals surface area contributed by atoms with E-state index in [-0.39, 0.29) is 5.56 Å². The first-order valence-corrected chi connectivity index (χ1v) is 9.03. The lowest BCUT2D eigenvalue weighted by atomic mass is 10.1. The molecule has 0 saturated carbocycles. The second-order valence-corrected chi connectivity index (χ2v) is 6.70. The van der Waals surface area contributed by atoms with Crippen LogP contribution in [0.2, 0.25) is 0 Å². The molecule has 0 spiro atoms. The van der Waals surface area contributed by atoms with Gasteiger partial charge in [0.1, 0.15) is 5.75 Å². The predicted molar refractivity (Wildman–Crippen MR) is 101 cm³/mol. The summed E-state index contributed by atoms with van der Waals surface area (Å²) < 4.78 is 5.16. The van der Waals surface area contributed by atoms with E-state index in [1.807, 2.05) is 61.5 Å². The summed E-state index contributed by atoms with van der Waals surface area (Å²) in [6.07, 6.45) is 0.596. The minimum absolute atomic E-state index is 0.0615. The number of aromatic nitrogens is 2. The molecule has 0 aliphatic rings. The lowest BCUT2D eigenvalue weighted by Crippen LogP contribution is -2.17. The van der Waals surface area contributed by atoms with Gasteiger partial charge in [-0.05, 0) is 30.2 Å². The normalized spacial score (nSPS) is 10.6. The molecule has 5 heteroatoms. The number of ether oxygens (including phenoxy) is 1. The van der Waals surface area contributed by atoms with Gasteiger partial charge in [-0.25, -0.2) is 4.98 Å². The van der Waals surface area contributed by atoms with Crippen molar-refractivity contribution in [1.29, 1.82) is 0 Å². The zero-order chi connectivity index (χ0) is 17.6. The number of aromatic amines is 1. The molecule has 0 atom stereocenters. The van der Waals surface area contributed by atoms with Gasteiger partial charge in [-0.15, -0.1) is 0 Å². The first-order valence-electron chi connectivity index (χ1n) is 8.05. The van der Waals surface area contributed by atoms with E-state index >= 15 is 0 Å². The number of aryl methyl sites for hydroxylation is 1. The molecule has 0 aliphatic heterocycles. The standard InChI is InChI=1S/C20H20N2O2S/c1-14-18(12-15-6-4-3-5-7-15)19(23)22-20(21-14)25-13-16-8-10-17(24-2)11-9-16/h3-11H,12-13H2,1-2H3,(H,21,22,23). The van der Waals surface area contributed by atoms with Crippen molar-refractivity contribution in [2.24, 2.45) is 0 Å². The molecular formula is C20H20N2O2S. The highest BCUT2D eigenvalue weighted by Crippen LogP contribution is 2.21. The molecule has 0 fully saturated rings. The third kappa shape index (κ3) is 4.51. The Hall–Kier alpha value is -2.53. The molecular weight excluding hydrogens is 332 g/mol. The Morgan fingerprint density at radius 2 is 1.76 bits per heavy atom. The lowest BCUT2D eigenvalue weighted by molar-refractivity contribution is 0.414. The molecule has 0 radical (unpaired) electrons. The molecule has 128 valence electrons. The molecule has 1 N–H and O–H groups in total. The van der Waals surface area contributed by atoms with Crippen molar-refractivity contribution in [2.75, 3.05) is 7.11 Å². The van der Waals surface area contributed by atoms with Crippen molar-refractivity contribution in [1.82, 2.24) is 9.97 Å². The van der Waals surface area contributed by atoms with Crippen LogP contribution in [0.3, 0.4) is 0 Å². The molecule has 0 unspecified atom stereocenters. The number of thioether (sulfide) groups is 1. The Bertz CT molecular complexity index is 890. The minimum Gasteiger partial charge on any atom is -0.497 e. The molecule has 0 bridgehead atoms. The summed E-state index contributed by atoms with van der Waals surface area (Å²) >= 11 is 1.52. The molecule has 3 rings (SSSR count). The SMILES string of the molecule is COc1ccc(CSc2nc(C)c(Cc3ccccc3)c(=O)[nH]2)cc1. The third-order valence-electron chi connectivity index (χ3n) is 3.96. The van der Waals surface area contributed by atoms with Crippen molar-refractivity contribution < 1.29 is 4.74 Å². The van der Waals surface area contributed by atoms with E-state index in [2.05, 4.69) is 9.97 Å². The van der Waals surface area contributed by atoms with Crippen LogP contribution in [0.4, 0.5) is 0 Å². The maximum Gasteiger partial charge on any atom is 0.255 e. The van der Waals surface area contributed by atoms with Gasteiger partial charge in [-0.1, -0.05) is 54.2 Å². The van der Waals surface area contributed by atoms with Crippen molar-refractivity contribution >= 4 is 11.8 Å². The van der Waals surface area contributed by atoms with Crippen LogP contribution < -0.4 is 10.3 Å². The van der Waals surface area contributed by atoms with E-state index in [0.717, 1.165) is 33.9 Å². The number of nitrogens with zero attached hydrogens (tertiary/aromatic N) is 1. The monoisotopic (exact) mass is 352 g/mol. The average Bonchev–Trinajstić information content (AvgIpc) is 2.64. The topological polar surface area (TPSA) is 55.0 Å².